The molecule has 0 amide bonds. The molecular weight excluding hydrogens is 287 g/mol. The highest BCUT2D eigenvalue weighted by molar-refractivity contribution is 7.99. The molecule has 1 spiro atoms. The molecule has 1 unspecified atom stereocenters. The van der Waals surface area contributed by atoms with E-state index in [0.717, 1.165) is 6.04 Å². The Morgan fingerprint density at radius 2 is 1.89 bits per heavy atom. The van der Waals surface area contributed by atoms with E-state index < -0.39 is 0 Å². The summed E-state index contributed by atoms with van der Waals surface area (Å²) in [7, 11) is 0. The van der Waals surface area contributed by atoms with Gasteiger partial charge < -0.3 is 5.32 Å². The molecule has 5 heteroatoms. The lowest BCUT2D eigenvalue weighted by Gasteiger charge is -2.36. The third-order valence-corrected chi connectivity index (χ3v) is 5.98. The van der Waals surface area contributed by atoms with Gasteiger partial charge in [-0.3, -0.25) is 4.90 Å². The molecule has 0 aliphatic carbocycles. The number of hydrogen-bond acceptors (Lipinski definition) is 3. The minimum atomic E-state index is 0. The van der Waals surface area contributed by atoms with Crippen LogP contribution in [0, 0.1) is 5.41 Å². The van der Waals surface area contributed by atoms with Crippen LogP contribution in [0.3, 0.4) is 0 Å². The summed E-state index contributed by atoms with van der Waals surface area (Å²) in [6, 6.07) is 0.910. The number of piperidine rings is 1. The Hall–Kier alpha value is 0.850. The standard InChI is InChI=1S/C13H24N2S.2ClH/c1-2-12(10-16-9-1)15-8-5-13(11-15)3-6-14-7-4-13;;/h12,14H,1-11H2;2*1H. The van der Waals surface area contributed by atoms with Crippen molar-refractivity contribution in [2.45, 2.75) is 38.1 Å². The monoisotopic (exact) mass is 312 g/mol. The first-order valence-electron chi connectivity index (χ1n) is 6.91. The normalized spacial score (nSPS) is 31.7. The molecule has 3 fully saturated rings. The van der Waals surface area contributed by atoms with Crippen LogP contribution in [-0.2, 0) is 0 Å². The predicted molar refractivity (Wildman–Crippen MR) is 85.6 cm³/mol. The molecule has 3 aliphatic heterocycles. The van der Waals surface area contributed by atoms with Gasteiger partial charge in [-0.1, -0.05) is 0 Å². The van der Waals surface area contributed by atoms with Crippen LogP contribution in [0.5, 0.6) is 0 Å². The van der Waals surface area contributed by atoms with E-state index in [1.807, 2.05) is 0 Å². The molecule has 3 aliphatic rings. The first-order valence-corrected chi connectivity index (χ1v) is 8.06. The number of nitrogens with zero attached hydrogens (tertiary/aromatic N) is 1. The quantitative estimate of drug-likeness (QED) is 0.801. The van der Waals surface area contributed by atoms with Crippen LogP contribution in [0.25, 0.3) is 0 Å². The number of thioether (sulfide) groups is 1. The molecule has 1 N–H and O–H groups in total. The second-order valence-electron chi connectivity index (χ2n) is 5.84. The van der Waals surface area contributed by atoms with Gasteiger partial charge in [0, 0.05) is 18.3 Å². The summed E-state index contributed by atoms with van der Waals surface area (Å²) in [4.78, 5) is 2.82. The Bertz CT molecular complexity index is 241. The molecule has 0 aromatic heterocycles. The van der Waals surface area contributed by atoms with E-state index >= 15 is 0 Å². The summed E-state index contributed by atoms with van der Waals surface area (Å²) in [5, 5.41) is 3.51. The first-order chi connectivity index (χ1) is 7.88. The molecule has 0 radical (unpaired) electrons. The average Bonchev–Trinajstić information content (AvgIpc) is 2.75. The molecule has 0 aromatic carbocycles. The second kappa shape index (κ2) is 7.58. The third kappa shape index (κ3) is 3.69. The summed E-state index contributed by atoms with van der Waals surface area (Å²) in [5.74, 6) is 2.80. The second-order valence-corrected chi connectivity index (χ2v) is 6.99. The number of rotatable bonds is 1. The zero-order chi connectivity index (χ0) is 10.8. The van der Waals surface area contributed by atoms with Gasteiger partial charge in [-0.15, -0.1) is 24.8 Å². The molecule has 0 saturated carbocycles. The van der Waals surface area contributed by atoms with Crippen LogP contribution in [-0.4, -0.2) is 48.6 Å². The van der Waals surface area contributed by atoms with Gasteiger partial charge in [-0.05, 0) is 62.9 Å². The fourth-order valence-electron chi connectivity index (χ4n) is 3.66. The molecule has 3 saturated heterocycles. The van der Waals surface area contributed by atoms with Gasteiger partial charge in [0.15, 0.2) is 0 Å². The van der Waals surface area contributed by atoms with Crippen molar-refractivity contribution in [3.63, 3.8) is 0 Å². The Morgan fingerprint density at radius 1 is 1.11 bits per heavy atom. The van der Waals surface area contributed by atoms with Gasteiger partial charge in [0.1, 0.15) is 0 Å². The highest BCUT2D eigenvalue weighted by Gasteiger charge is 2.40. The molecule has 0 aromatic rings. The van der Waals surface area contributed by atoms with E-state index in [-0.39, 0.29) is 24.8 Å². The molecule has 1 atom stereocenters. The van der Waals surface area contributed by atoms with Crippen molar-refractivity contribution < 1.29 is 0 Å². The summed E-state index contributed by atoms with van der Waals surface area (Å²) < 4.78 is 0. The maximum absolute atomic E-state index is 3.51. The molecule has 108 valence electrons. The zero-order valence-corrected chi connectivity index (χ0v) is 13.5. The number of nitrogens with one attached hydrogen (secondary N) is 1. The van der Waals surface area contributed by atoms with Crippen LogP contribution in [0.2, 0.25) is 0 Å². The molecule has 18 heavy (non-hydrogen) atoms. The lowest BCUT2D eigenvalue weighted by Crippen LogP contribution is -2.42. The summed E-state index contributed by atoms with van der Waals surface area (Å²) in [5.41, 5.74) is 0.702. The zero-order valence-electron chi connectivity index (χ0n) is 11.0. The van der Waals surface area contributed by atoms with E-state index in [4.69, 9.17) is 0 Å². The third-order valence-electron chi connectivity index (χ3n) is 4.78. The number of halogens is 2. The lowest BCUT2D eigenvalue weighted by molar-refractivity contribution is 0.171. The van der Waals surface area contributed by atoms with Crippen LogP contribution in [0.15, 0.2) is 0 Å². The SMILES string of the molecule is C1CSCC(N2CCC3(CCNCC3)C2)C1.Cl.Cl. The van der Waals surface area contributed by atoms with E-state index in [9.17, 15) is 0 Å². The maximum atomic E-state index is 3.51. The number of hydrogen-bond donors (Lipinski definition) is 1. The summed E-state index contributed by atoms with van der Waals surface area (Å²) >= 11 is 2.17. The van der Waals surface area contributed by atoms with Crippen LogP contribution in [0.4, 0.5) is 0 Å². The molecular formula is C13H26Cl2N2S. The molecule has 0 bridgehead atoms. The van der Waals surface area contributed by atoms with E-state index in [2.05, 4.69) is 22.0 Å². The minimum absolute atomic E-state index is 0. The molecule has 3 heterocycles. The highest BCUT2D eigenvalue weighted by Crippen LogP contribution is 2.40. The summed E-state index contributed by atoms with van der Waals surface area (Å²) in [6.07, 6.45) is 7.21. The highest BCUT2D eigenvalue weighted by atomic mass is 35.5. The Labute approximate surface area is 128 Å². The van der Waals surface area contributed by atoms with Crippen LogP contribution < -0.4 is 5.32 Å². The van der Waals surface area contributed by atoms with Crippen molar-refractivity contribution in [3.8, 4) is 0 Å². The number of likely N-dealkylation sites (tertiary alicyclic amines) is 1. The van der Waals surface area contributed by atoms with E-state index in [1.54, 1.807) is 0 Å². The fraction of sp³-hybridized carbons (Fsp3) is 1.00. The van der Waals surface area contributed by atoms with Gasteiger partial charge in [-0.2, -0.15) is 11.8 Å². The fourth-order valence-corrected chi connectivity index (χ4v) is 4.85. The van der Waals surface area contributed by atoms with E-state index in [1.165, 1.54) is 69.8 Å². The van der Waals surface area contributed by atoms with E-state index in [0.29, 0.717) is 5.41 Å². The summed E-state index contributed by atoms with van der Waals surface area (Å²) in [6.45, 7) is 5.30. The molecule has 3 rings (SSSR count). The Balaban J connectivity index is 0.000000810. The van der Waals surface area contributed by atoms with Crippen molar-refractivity contribution in [1.29, 1.82) is 0 Å². The van der Waals surface area contributed by atoms with Gasteiger partial charge in [0.25, 0.3) is 0 Å². The predicted octanol–water partition coefficient (Wildman–Crippen LogP) is 2.80. The van der Waals surface area contributed by atoms with Crippen molar-refractivity contribution in [2.75, 3.05) is 37.7 Å². The Kier molecular flexibility index (Phi) is 7.12. The van der Waals surface area contributed by atoms with Gasteiger partial charge in [-0.25, -0.2) is 0 Å². The lowest BCUT2D eigenvalue weighted by atomic mass is 9.78. The van der Waals surface area contributed by atoms with Crippen LogP contribution in [0.1, 0.15) is 32.1 Å². The van der Waals surface area contributed by atoms with Crippen molar-refractivity contribution in [3.05, 3.63) is 0 Å². The smallest absolute Gasteiger partial charge is 0.0186 e. The van der Waals surface area contributed by atoms with Gasteiger partial charge >= 0.3 is 0 Å². The Morgan fingerprint density at radius 3 is 2.56 bits per heavy atom. The van der Waals surface area contributed by atoms with Crippen LogP contribution >= 0.6 is 36.6 Å². The topological polar surface area (TPSA) is 15.3 Å². The largest absolute Gasteiger partial charge is 0.317 e. The first kappa shape index (κ1) is 16.9. The minimum Gasteiger partial charge on any atom is -0.317 e. The van der Waals surface area contributed by atoms with Gasteiger partial charge in [0.2, 0.25) is 0 Å². The molecule has 2 nitrogen and oxygen atoms in total. The van der Waals surface area contributed by atoms with Gasteiger partial charge in [0.05, 0.1) is 0 Å². The van der Waals surface area contributed by atoms with Crippen molar-refractivity contribution >= 4 is 36.6 Å². The van der Waals surface area contributed by atoms with Crippen molar-refractivity contribution in [2.24, 2.45) is 5.41 Å². The average molecular weight is 313 g/mol. The van der Waals surface area contributed by atoms with Crippen molar-refractivity contribution in [1.82, 2.24) is 10.2 Å². The maximum Gasteiger partial charge on any atom is 0.0186 e.